The first-order valence-corrected chi connectivity index (χ1v) is 14.7. The lowest BCUT2D eigenvalue weighted by molar-refractivity contribution is -0.197. The second-order valence-electron chi connectivity index (χ2n) is 11.9. The van der Waals surface area contributed by atoms with E-state index in [9.17, 15) is 9.59 Å². The van der Waals surface area contributed by atoms with E-state index in [0.29, 0.717) is 13.1 Å². The highest BCUT2D eigenvalue weighted by molar-refractivity contribution is 6.20. The van der Waals surface area contributed by atoms with Crippen molar-refractivity contribution in [2.24, 2.45) is 5.92 Å². The van der Waals surface area contributed by atoms with Crippen LogP contribution in [0.2, 0.25) is 0 Å². The van der Waals surface area contributed by atoms with Gasteiger partial charge in [-0.1, -0.05) is 12.8 Å². The lowest BCUT2D eigenvalue weighted by Gasteiger charge is -2.59. The molecule has 7 atom stereocenters. The fourth-order valence-electron chi connectivity index (χ4n) is 7.05. The molecule has 5 aliphatic rings. The summed E-state index contributed by atoms with van der Waals surface area (Å²) in [5.74, 6) is -1.11. The van der Waals surface area contributed by atoms with E-state index in [2.05, 4.69) is 25.3 Å². The van der Waals surface area contributed by atoms with E-state index in [1.54, 1.807) is 6.20 Å². The summed E-state index contributed by atoms with van der Waals surface area (Å²) in [5, 5.41) is 6.43. The number of unbranched alkanes of at least 4 members (excludes halogenated alkanes) is 1. The number of rotatable bonds is 10. The van der Waals surface area contributed by atoms with Gasteiger partial charge >= 0.3 is 0 Å². The van der Waals surface area contributed by atoms with Crippen LogP contribution in [0.25, 0.3) is 0 Å². The van der Waals surface area contributed by atoms with Gasteiger partial charge in [0.25, 0.3) is 5.91 Å². The Morgan fingerprint density at radius 2 is 1.95 bits per heavy atom. The molecule has 7 unspecified atom stereocenters. The monoisotopic (exact) mass is 535 g/mol. The molecule has 0 bridgehead atoms. The minimum Gasteiger partial charge on any atom is -0.379 e. The molecule has 0 radical (unpaired) electrons. The maximum Gasteiger partial charge on any atom is 0.256 e. The third kappa shape index (κ3) is 6.09. The molecule has 0 aromatic heterocycles. The minimum atomic E-state index is -1.20. The predicted molar refractivity (Wildman–Crippen MR) is 142 cm³/mol. The largest absolute Gasteiger partial charge is 0.379 e. The van der Waals surface area contributed by atoms with E-state index in [-0.39, 0.29) is 41.9 Å². The number of nitrogens with one attached hydrogen (secondary N) is 2. The zero-order valence-corrected chi connectivity index (χ0v) is 23.1. The van der Waals surface area contributed by atoms with Gasteiger partial charge in [-0.25, -0.2) is 4.39 Å². The number of ketones is 1. The van der Waals surface area contributed by atoms with E-state index in [4.69, 9.17) is 9.47 Å². The molecule has 0 aromatic carbocycles. The highest BCUT2D eigenvalue weighted by Gasteiger charge is 2.58. The van der Waals surface area contributed by atoms with Crippen LogP contribution in [0.1, 0.15) is 44.9 Å². The Labute approximate surface area is 226 Å². The third-order valence-electron chi connectivity index (χ3n) is 9.05. The van der Waals surface area contributed by atoms with Crippen LogP contribution >= 0.6 is 0 Å². The number of halogens is 1. The van der Waals surface area contributed by atoms with Crippen molar-refractivity contribution in [2.75, 3.05) is 66.6 Å². The lowest BCUT2D eigenvalue weighted by Crippen LogP contribution is -2.73. The summed E-state index contributed by atoms with van der Waals surface area (Å²) >= 11 is 0. The molecule has 10 heteroatoms. The summed E-state index contributed by atoms with van der Waals surface area (Å²) in [5.41, 5.74) is 0.190. The standard InChI is InChI=1S/C28H46FN5O4/c1-32(2)11-6-5-9-31-28(36)20-18-34-22-7-3-4-8-23(22)38-27-24(21(29)17-19(25(27)34)26(20)35)30-10-12-33-13-15-37-16-14-33/h18-19,21-25,27,30H,3-17H2,1-2H3,(H,31,36). The van der Waals surface area contributed by atoms with Crippen molar-refractivity contribution in [3.63, 3.8) is 0 Å². The van der Waals surface area contributed by atoms with Gasteiger partial charge in [0, 0.05) is 44.8 Å². The Balaban J connectivity index is 1.30. The van der Waals surface area contributed by atoms with Gasteiger partial charge in [0.2, 0.25) is 0 Å². The van der Waals surface area contributed by atoms with Crippen LogP contribution in [0.3, 0.4) is 0 Å². The summed E-state index contributed by atoms with van der Waals surface area (Å²) < 4.78 is 27.9. The van der Waals surface area contributed by atoms with Crippen molar-refractivity contribution in [1.29, 1.82) is 0 Å². The van der Waals surface area contributed by atoms with Gasteiger partial charge in [0.15, 0.2) is 5.78 Å². The van der Waals surface area contributed by atoms with E-state index in [1.807, 2.05) is 14.1 Å². The second-order valence-corrected chi connectivity index (χ2v) is 11.9. The Bertz CT molecular complexity index is 866. The van der Waals surface area contributed by atoms with Crippen molar-refractivity contribution in [2.45, 2.75) is 81.5 Å². The molecule has 38 heavy (non-hydrogen) atoms. The highest BCUT2D eigenvalue weighted by atomic mass is 19.1. The van der Waals surface area contributed by atoms with Crippen molar-refractivity contribution in [1.82, 2.24) is 25.3 Å². The topological polar surface area (TPSA) is 86.4 Å². The second kappa shape index (κ2) is 12.7. The molecule has 9 nitrogen and oxygen atoms in total. The van der Waals surface area contributed by atoms with Crippen LogP contribution in [-0.2, 0) is 19.1 Å². The lowest BCUT2D eigenvalue weighted by atomic mass is 9.69. The number of carbonyl (C=O) groups excluding carboxylic acids is 2. The van der Waals surface area contributed by atoms with Gasteiger partial charge in [-0.2, -0.15) is 0 Å². The van der Waals surface area contributed by atoms with Crippen LogP contribution in [0.5, 0.6) is 0 Å². The first kappa shape index (κ1) is 28.0. The molecule has 1 amide bonds. The number of amides is 1. The molecule has 3 heterocycles. The van der Waals surface area contributed by atoms with E-state index < -0.39 is 24.2 Å². The molecule has 2 aliphatic carbocycles. The zero-order chi connectivity index (χ0) is 26.6. The molecule has 0 aromatic rings. The van der Waals surface area contributed by atoms with Gasteiger partial charge < -0.3 is 29.9 Å². The van der Waals surface area contributed by atoms with Crippen LogP contribution < -0.4 is 10.6 Å². The summed E-state index contributed by atoms with van der Waals surface area (Å²) in [6.45, 7) is 6.26. The minimum absolute atomic E-state index is 0.000657. The van der Waals surface area contributed by atoms with Crippen LogP contribution in [0.15, 0.2) is 11.8 Å². The number of ether oxygens (including phenoxy) is 2. The first-order chi connectivity index (χ1) is 18.4. The molecule has 2 saturated carbocycles. The Morgan fingerprint density at radius 3 is 2.74 bits per heavy atom. The molecule has 4 fully saturated rings. The van der Waals surface area contributed by atoms with Gasteiger partial charge in [-0.15, -0.1) is 0 Å². The number of morpholine rings is 2. The molecule has 2 N–H and O–H groups in total. The molecular weight excluding hydrogens is 489 g/mol. The summed E-state index contributed by atoms with van der Waals surface area (Å²) in [7, 11) is 4.06. The average molecular weight is 536 g/mol. The van der Waals surface area contributed by atoms with Gasteiger partial charge in [0.1, 0.15) is 6.17 Å². The normalized spacial score (nSPS) is 35.5. The molecular formula is C28H46FN5O4. The number of nitrogens with zero attached hydrogens (tertiary/aromatic N) is 3. The van der Waals surface area contributed by atoms with Crippen LogP contribution in [-0.4, -0.2) is 129 Å². The number of carbonyl (C=O) groups is 2. The van der Waals surface area contributed by atoms with Crippen LogP contribution in [0.4, 0.5) is 4.39 Å². The Hall–Kier alpha value is -1.59. The van der Waals surface area contributed by atoms with Gasteiger partial charge in [0.05, 0.1) is 49.1 Å². The first-order valence-electron chi connectivity index (χ1n) is 14.7. The Kier molecular flexibility index (Phi) is 9.36. The smallest absolute Gasteiger partial charge is 0.256 e. The van der Waals surface area contributed by atoms with Crippen molar-refractivity contribution < 1.29 is 23.5 Å². The number of fused-ring (bicyclic) bond motifs is 2. The van der Waals surface area contributed by atoms with E-state index >= 15 is 4.39 Å². The summed E-state index contributed by atoms with van der Waals surface area (Å²) in [6, 6.07) is -0.559. The number of alkyl halides is 1. The number of Topliss-reactive ketones (excluding diaryl/α,β-unsaturated/α-hetero) is 1. The SMILES string of the molecule is CN(C)CCCCNC(=O)C1=CN2C3CCCCC3OC3C(NCCN4CCOCC4)C(F)CC(C1=O)C32. The zero-order valence-electron chi connectivity index (χ0n) is 23.1. The highest BCUT2D eigenvalue weighted by Crippen LogP contribution is 2.45. The summed E-state index contributed by atoms with van der Waals surface area (Å²) in [4.78, 5) is 33.5. The molecule has 0 spiro atoms. The van der Waals surface area contributed by atoms with Crippen molar-refractivity contribution >= 4 is 11.7 Å². The van der Waals surface area contributed by atoms with E-state index in [0.717, 1.165) is 77.9 Å². The van der Waals surface area contributed by atoms with Gasteiger partial charge in [-0.3, -0.25) is 14.5 Å². The molecule has 3 aliphatic heterocycles. The molecule has 214 valence electrons. The van der Waals surface area contributed by atoms with Crippen LogP contribution in [0, 0.1) is 5.92 Å². The fourth-order valence-corrected chi connectivity index (χ4v) is 7.05. The van der Waals surface area contributed by atoms with Gasteiger partial charge in [-0.05, 0) is 52.7 Å². The maximum absolute atomic E-state index is 15.8. The molecule has 5 rings (SSSR count). The Morgan fingerprint density at radius 1 is 1.16 bits per heavy atom. The van der Waals surface area contributed by atoms with E-state index in [1.165, 1.54) is 0 Å². The summed E-state index contributed by atoms with van der Waals surface area (Å²) in [6.07, 6.45) is 6.24. The fraction of sp³-hybridized carbons (Fsp3) is 0.857. The number of hydrogen-bond donors (Lipinski definition) is 2. The quantitative estimate of drug-likeness (QED) is 0.316. The van der Waals surface area contributed by atoms with Crippen molar-refractivity contribution in [3.8, 4) is 0 Å². The predicted octanol–water partition coefficient (Wildman–Crippen LogP) is 0.940. The average Bonchev–Trinajstić information content (AvgIpc) is 2.91. The number of hydrogen-bond acceptors (Lipinski definition) is 8. The third-order valence-corrected chi connectivity index (χ3v) is 9.05. The maximum atomic E-state index is 15.8. The van der Waals surface area contributed by atoms with Crippen molar-refractivity contribution in [3.05, 3.63) is 11.8 Å². The molecule has 2 saturated heterocycles.